The summed E-state index contributed by atoms with van der Waals surface area (Å²) in [5.74, 6) is 16.2. The molecule has 10 atom stereocenters. The second-order valence-electron chi connectivity index (χ2n) is 24.3. The lowest BCUT2D eigenvalue weighted by Gasteiger charge is -2.71. The third-order valence-corrected chi connectivity index (χ3v) is 23.0. The van der Waals surface area contributed by atoms with Crippen molar-refractivity contribution >= 4 is 87.1 Å². The number of piperidine rings is 1. The number of nitrogens with two attached hydrogens (primary N) is 2. The van der Waals surface area contributed by atoms with Crippen LogP contribution in [0.15, 0.2) is 69.9 Å². The lowest BCUT2D eigenvalue weighted by Crippen LogP contribution is -2.66. The van der Waals surface area contributed by atoms with Crippen LogP contribution >= 0.6 is 15.9 Å². The first-order valence-corrected chi connectivity index (χ1v) is 27.6. The molecule has 338 valence electrons. The van der Waals surface area contributed by atoms with E-state index < -0.39 is 0 Å². The minimum Gasteiger partial charge on any atom is -0.399 e. The van der Waals surface area contributed by atoms with E-state index in [1.807, 2.05) is 28.7 Å². The molecule has 66 heavy (non-hydrogen) atoms. The molecule has 1 saturated heterocycles. The summed E-state index contributed by atoms with van der Waals surface area (Å²) in [6.45, 7) is 3.25. The van der Waals surface area contributed by atoms with Gasteiger partial charge in [-0.1, -0.05) is 59.8 Å². The Balaban J connectivity index is 0.769. The number of hydrogen-bond acceptors (Lipinski definition) is 5. The van der Waals surface area contributed by atoms with Crippen LogP contribution in [0.5, 0.6) is 0 Å². The Bertz CT molecular complexity index is 3210. The van der Waals surface area contributed by atoms with Gasteiger partial charge >= 0.3 is 0 Å². The summed E-state index contributed by atoms with van der Waals surface area (Å²) in [7, 11) is 0. The van der Waals surface area contributed by atoms with Crippen molar-refractivity contribution in [2.24, 2.45) is 94.7 Å². The van der Waals surface area contributed by atoms with Gasteiger partial charge in [0.25, 0.3) is 5.56 Å². The number of rotatable bonds is 2. The Morgan fingerprint density at radius 2 is 1.12 bits per heavy atom. The lowest BCUT2D eigenvalue weighted by molar-refractivity contribution is -0.228. The minimum atomic E-state index is -0.0520. The highest BCUT2D eigenvalue weighted by atomic mass is 79.9. The maximum Gasteiger partial charge on any atom is 0.264 e. The highest BCUT2D eigenvalue weighted by Crippen LogP contribution is 2.73. The predicted molar refractivity (Wildman–Crippen MR) is 272 cm³/mol. The van der Waals surface area contributed by atoms with E-state index in [0.29, 0.717) is 16.7 Å². The standard InChI is InChI=1S/C59H64BrN5O/c60-48-21-20-43-52-42(48)8-3-9-44(52)59(66)65-49-24-32(62)23-46-47(45-22-31(61)12-15-41(45)57(56(46)49)63-58(43)65)27-64-25-29-10-13-35-39-18-16-37-33-6-1-4-28-5-2-7-34(51(28)33)38-17-19-40(55(39)54(37)38)36-14-11-30(26-64)50(29)53(35)36/h3,8-9,12,15,20-24,28-30,33-40,50-51,53-55H,1-2,4-7,10-11,13-14,16-19,25-27,61-62H2. The second-order valence-corrected chi connectivity index (χ2v) is 25.2. The number of nitrogens with zero attached hydrogens (tertiary/aromatic N) is 3. The molecule has 2 aromatic heterocycles. The highest BCUT2D eigenvalue weighted by molar-refractivity contribution is 9.10. The fourth-order valence-corrected chi connectivity index (χ4v) is 21.3. The van der Waals surface area contributed by atoms with Gasteiger partial charge in [-0.3, -0.25) is 14.1 Å². The van der Waals surface area contributed by atoms with Gasteiger partial charge in [0.05, 0.1) is 11.0 Å². The van der Waals surface area contributed by atoms with Crippen LogP contribution in [0, 0.1) is 94.7 Å². The van der Waals surface area contributed by atoms with E-state index in [1.54, 1.807) is 64.2 Å². The summed E-state index contributed by atoms with van der Waals surface area (Å²) in [4.78, 5) is 23.1. The fraction of sp³-hybridized carbons (Fsp3) is 0.559. The molecule has 8 aliphatic carbocycles. The van der Waals surface area contributed by atoms with Crippen molar-refractivity contribution < 1.29 is 0 Å². The van der Waals surface area contributed by atoms with Crippen LogP contribution in [0.1, 0.15) is 95.5 Å². The summed E-state index contributed by atoms with van der Waals surface area (Å²) < 4.78 is 2.83. The van der Waals surface area contributed by atoms with Gasteiger partial charge in [-0.2, -0.15) is 0 Å². The average Bonchev–Trinajstić information content (AvgIpc) is 3.34. The first-order chi connectivity index (χ1) is 32.4. The second kappa shape index (κ2) is 13.9. The molecule has 10 unspecified atom stereocenters. The van der Waals surface area contributed by atoms with Crippen LogP contribution in [0.2, 0.25) is 0 Å². The van der Waals surface area contributed by atoms with Crippen LogP contribution in [-0.4, -0.2) is 27.4 Å². The Labute approximate surface area is 396 Å². The molecule has 7 aromatic rings. The van der Waals surface area contributed by atoms with E-state index >= 15 is 0 Å². The van der Waals surface area contributed by atoms with Gasteiger partial charge in [0.1, 0.15) is 5.65 Å². The summed E-state index contributed by atoms with van der Waals surface area (Å²) >= 11 is 3.76. The molecular weight excluding hydrogens is 875 g/mol. The number of likely N-dealkylation sites (tertiary alicyclic amines) is 1. The Kier molecular flexibility index (Phi) is 8.18. The molecule has 8 saturated carbocycles. The van der Waals surface area contributed by atoms with Gasteiger partial charge in [-0.15, -0.1) is 0 Å². The zero-order chi connectivity index (χ0) is 43.4. The number of nitrogen functional groups attached to an aromatic ring is 2. The van der Waals surface area contributed by atoms with Gasteiger partial charge in [-0.25, -0.2) is 4.98 Å². The fourth-order valence-electron chi connectivity index (χ4n) is 20.9. The Hall–Kier alpha value is -3.94. The minimum absolute atomic E-state index is 0.0520. The number of aromatic nitrogens is 2. The van der Waals surface area contributed by atoms with E-state index in [4.69, 9.17) is 16.5 Å². The van der Waals surface area contributed by atoms with Crippen LogP contribution in [0.4, 0.5) is 11.4 Å². The summed E-state index contributed by atoms with van der Waals surface area (Å²) in [5.41, 5.74) is 18.7. The van der Waals surface area contributed by atoms with Gasteiger partial charge in [0.15, 0.2) is 0 Å². The van der Waals surface area contributed by atoms with Crippen molar-refractivity contribution in [3.63, 3.8) is 0 Å². The number of anilines is 2. The number of halogens is 1. The number of pyridine rings is 1. The molecule has 3 heterocycles. The molecule has 1 aliphatic heterocycles. The molecule has 16 rings (SSSR count). The topological polar surface area (TPSA) is 89.7 Å². The maximum absolute atomic E-state index is 14.8. The van der Waals surface area contributed by atoms with Crippen molar-refractivity contribution in [2.45, 2.75) is 96.4 Å². The molecule has 9 fully saturated rings. The van der Waals surface area contributed by atoms with Crippen molar-refractivity contribution in [3.05, 3.63) is 81.1 Å². The SMILES string of the molecule is Nc1ccc2c(c1)c(CN1CC3CCC4C5CCC6C7CCCC8CCCC(C9CCC(C%10CCC(C1)C3C4%10)C5C69)C87)c1cc(N)cc3c1c2nc1c2ccc(Br)c4cccc(c(=O)n31)c42. The summed E-state index contributed by atoms with van der Waals surface area (Å²) in [5, 5.41) is 8.04. The van der Waals surface area contributed by atoms with Gasteiger partial charge < -0.3 is 11.5 Å². The maximum atomic E-state index is 14.8. The van der Waals surface area contributed by atoms with E-state index in [1.165, 1.54) is 49.7 Å². The molecule has 4 N–H and O–H groups in total. The molecule has 6 nitrogen and oxygen atoms in total. The smallest absolute Gasteiger partial charge is 0.264 e. The van der Waals surface area contributed by atoms with Crippen molar-refractivity contribution in [3.8, 4) is 0 Å². The predicted octanol–water partition coefficient (Wildman–Crippen LogP) is 13.1. The largest absolute Gasteiger partial charge is 0.399 e. The molecule has 7 heteroatoms. The number of fused-ring (bicyclic) bond motifs is 9. The van der Waals surface area contributed by atoms with Crippen LogP contribution in [0.25, 0.3) is 59.8 Å². The molecular formula is C59H64BrN5O. The Morgan fingerprint density at radius 1 is 0.530 bits per heavy atom. The zero-order valence-corrected chi connectivity index (χ0v) is 39.9. The van der Waals surface area contributed by atoms with E-state index in [2.05, 4.69) is 57.2 Å². The third-order valence-electron chi connectivity index (χ3n) is 22.3. The zero-order valence-electron chi connectivity index (χ0n) is 38.3. The molecule has 0 bridgehead atoms. The first-order valence-electron chi connectivity index (χ1n) is 26.8. The summed E-state index contributed by atoms with van der Waals surface area (Å²) in [6.07, 6.45) is 21.6. The van der Waals surface area contributed by atoms with Gasteiger partial charge in [0.2, 0.25) is 0 Å². The van der Waals surface area contributed by atoms with Crippen molar-refractivity contribution in [1.82, 2.24) is 14.3 Å². The molecule has 5 aromatic carbocycles. The van der Waals surface area contributed by atoms with Gasteiger partial charge in [-0.05, 0) is 223 Å². The van der Waals surface area contributed by atoms with Crippen LogP contribution < -0.4 is 17.0 Å². The lowest BCUT2D eigenvalue weighted by atomic mass is 9.34. The van der Waals surface area contributed by atoms with Crippen molar-refractivity contribution in [1.29, 1.82) is 0 Å². The van der Waals surface area contributed by atoms with Crippen LogP contribution in [-0.2, 0) is 6.54 Å². The van der Waals surface area contributed by atoms with Crippen LogP contribution in [0.3, 0.4) is 0 Å². The molecule has 9 aliphatic rings. The van der Waals surface area contributed by atoms with Gasteiger partial charge in [0, 0.05) is 62.4 Å². The third kappa shape index (κ3) is 5.03. The normalized spacial score (nSPS) is 39.1. The Morgan fingerprint density at radius 3 is 1.80 bits per heavy atom. The quantitative estimate of drug-likeness (QED) is 0.102. The monoisotopic (exact) mass is 937 g/mol. The van der Waals surface area contributed by atoms with E-state index in [0.717, 1.165) is 155 Å². The van der Waals surface area contributed by atoms with E-state index in [-0.39, 0.29) is 5.56 Å². The molecule has 0 radical (unpaired) electrons. The number of hydrogen-bond donors (Lipinski definition) is 2. The first kappa shape index (κ1) is 39.0. The average molecular weight is 939 g/mol. The molecule has 0 amide bonds. The molecule has 0 spiro atoms. The highest BCUT2D eigenvalue weighted by Gasteiger charge is 2.66. The van der Waals surface area contributed by atoms with Crippen molar-refractivity contribution in [2.75, 3.05) is 24.6 Å². The van der Waals surface area contributed by atoms with E-state index in [9.17, 15) is 4.79 Å². The summed E-state index contributed by atoms with van der Waals surface area (Å²) in [6, 6.07) is 20.8. The number of benzene rings is 5.